The van der Waals surface area contributed by atoms with Crippen LogP contribution in [0.5, 0.6) is 0 Å². The highest BCUT2D eigenvalue weighted by Crippen LogP contribution is 2.19. The third-order valence-electron chi connectivity index (χ3n) is 2.70. The largest absolute Gasteiger partial charge is 0.366 e. The van der Waals surface area contributed by atoms with Gasteiger partial charge in [-0.2, -0.15) is 0 Å². The topological polar surface area (TPSA) is 43.1 Å². The maximum Gasteiger partial charge on any atom is 0.248 e. The van der Waals surface area contributed by atoms with Gasteiger partial charge < -0.3 is 5.73 Å². The molecule has 1 aromatic rings. The summed E-state index contributed by atoms with van der Waals surface area (Å²) >= 11 is 0. The minimum atomic E-state index is -0.333. The van der Waals surface area contributed by atoms with Gasteiger partial charge in [0.15, 0.2) is 0 Å². The molecule has 0 unspecified atom stereocenters. The molecule has 76 valence electrons. The number of carbonyl (C=O) groups excluding carboxylic acids is 1. The molecule has 0 spiro atoms. The molecule has 2 nitrogen and oxygen atoms in total. The van der Waals surface area contributed by atoms with Gasteiger partial charge in [0.1, 0.15) is 0 Å². The van der Waals surface area contributed by atoms with Crippen molar-refractivity contribution in [3.05, 3.63) is 34.4 Å². The third-order valence-corrected chi connectivity index (χ3v) is 2.70. The van der Waals surface area contributed by atoms with Gasteiger partial charge >= 0.3 is 0 Å². The molecule has 1 amide bonds. The van der Waals surface area contributed by atoms with E-state index in [1.807, 2.05) is 19.1 Å². The second kappa shape index (κ2) is 4.27. The minimum absolute atomic E-state index is 0.333. The van der Waals surface area contributed by atoms with Crippen molar-refractivity contribution in [1.29, 1.82) is 0 Å². The Balaban J connectivity index is 3.34. The van der Waals surface area contributed by atoms with Crippen LogP contribution in [-0.4, -0.2) is 5.91 Å². The Kier molecular flexibility index (Phi) is 3.28. The van der Waals surface area contributed by atoms with Gasteiger partial charge in [-0.15, -0.1) is 0 Å². The van der Waals surface area contributed by atoms with Gasteiger partial charge in [-0.3, -0.25) is 4.79 Å². The molecule has 14 heavy (non-hydrogen) atoms. The molecule has 0 aliphatic rings. The fourth-order valence-electron chi connectivity index (χ4n) is 1.90. The van der Waals surface area contributed by atoms with Crippen molar-refractivity contribution in [2.45, 2.75) is 33.6 Å². The first-order chi connectivity index (χ1) is 6.61. The molecular formula is C12H17NO. The van der Waals surface area contributed by atoms with E-state index in [0.717, 1.165) is 18.4 Å². The van der Waals surface area contributed by atoms with Crippen molar-refractivity contribution in [2.24, 2.45) is 5.73 Å². The lowest BCUT2D eigenvalue weighted by Gasteiger charge is -2.12. The number of carbonyl (C=O) groups is 1. The Morgan fingerprint density at radius 1 is 1.29 bits per heavy atom. The van der Waals surface area contributed by atoms with Gasteiger partial charge in [0, 0.05) is 5.56 Å². The van der Waals surface area contributed by atoms with E-state index >= 15 is 0 Å². The third kappa shape index (κ3) is 1.79. The van der Waals surface area contributed by atoms with Crippen LogP contribution in [-0.2, 0) is 12.8 Å². The van der Waals surface area contributed by atoms with E-state index in [-0.39, 0.29) is 5.91 Å². The summed E-state index contributed by atoms with van der Waals surface area (Å²) in [5, 5.41) is 0. The second-order valence-electron chi connectivity index (χ2n) is 3.45. The lowest BCUT2D eigenvalue weighted by Crippen LogP contribution is -2.14. The first-order valence-corrected chi connectivity index (χ1v) is 5.02. The molecule has 0 aliphatic heterocycles. The normalized spacial score (nSPS) is 10.2. The second-order valence-corrected chi connectivity index (χ2v) is 3.45. The van der Waals surface area contributed by atoms with E-state index < -0.39 is 0 Å². The molecule has 0 aromatic heterocycles. The summed E-state index contributed by atoms with van der Waals surface area (Å²) in [5.41, 5.74) is 9.57. The average molecular weight is 191 g/mol. The highest BCUT2D eigenvalue weighted by molar-refractivity contribution is 5.94. The standard InChI is InChI=1S/C12H17NO/c1-4-9-6-7-11(12(13)14)8(3)10(9)5-2/h6-7H,4-5H2,1-3H3,(H2,13,14). The van der Waals surface area contributed by atoms with Crippen molar-refractivity contribution in [1.82, 2.24) is 0 Å². The fraction of sp³-hybridized carbons (Fsp3) is 0.417. The van der Waals surface area contributed by atoms with E-state index in [9.17, 15) is 4.79 Å². The fourth-order valence-corrected chi connectivity index (χ4v) is 1.90. The Morgan fingerprint density at radius 3 is 2.36 bits per heavy atom. The number of amides is 1. The smallest absolute Gasteiger partial charge is 0.248 e. The molecule has 0 bridgehead atoms. The molecular weight excluding hydrogens is 174 g/mol. The molecule has 0 aliphatic carbocycles. The highest BCUT2D eigenvalue weighted by atomic mass is 16.1. The minimum Gasteiger partial charge on any atom is -0.366 e. The molecule has 2 N–H and O–H groups in total. The Morgan fingerprint density at radius 2 is 1.93 bits per heavy atom. The zero-order chi connectivity index (χ0) is 10.7. The van der Waals surface area contributed by atoms with Crippen LogP contribution in [0.4, 0.5) is 0 Å². The maximum absolute atomic E-state index is 11.1. The monoisotopic (exact) mass is 191 g/mol. The van der Waals surface area contributed by atoms with Crippen LogP contribution in [0.25, 0.3) is 0 Å². The van der Waals surface area contributed by atoms with E-state index in [1.165, 1.54) is 11.1 Å². The lowest BCUT2D eigenvalue weighted by atomic mass is 9.94. The molecule has 0 heterocycles. The summed E-state index contributed by atoms with van der Waals surface area (Å²) < 4.78 is 0. The van der Waals surface area contributed by atoms with Crippen LogP contribution in [0.3, 0.4) is 0 Å². The molecule has 2 heteroatoms. The Hall–Kier alpha value is -1.31. The average Bonchev–Trinajstić information content (AvgIpc) is 2.16. The number of hydrogen-bond donors (Lipinski definition) is 1. The summed E-state index contributed by atoms with van der Waals surface area (Å²) in [6, 6.07) is 3.83. The van der Waals surface area contributed by atoms with E-state index in [0.29, 0.717) is 5.56 Å². The molecule has 0 radical (unpaired) electrons. The number of primary amides is 1. The van der Waals surface area contributed by atoms with Crippen molar-refractivity contribution in [2.75, 3.05) is 0 Å². The van der Waals surface area contributed by atoms with Crippen molar-refractivity contribution in [3.63, 3.8) is 0 Å². The highest BCUT2D eigenvalue weighted by Gasteiger charge is 2.10. The molecule has 0 saturated carbocycles. The Labute approximate surface area is 85.1 Å². The number of hydrogen-bond acceptors (Lipinski definition) is 1. The van der Waals surface area contributed by atoms with Crippen LogP contribution < -0.4 is 5.73 Å². The van der Waals surface area contributed by atoms with Crippen LogP contribution in [0.1, 0.15) is 40.9 Å². The van der Waals surface area contributed by atoms with Gasteiger partial charge in [0.2, 0.25) is 5.91 Å². The van der Waals surface area contributed by atoms with E-state index in [4.69, 9.17) is 5.73 Å². The zero-order valence-corrected chi connectivity index (χ0v) is 9.05. The SMILES string of the molecule is CCc1ccc(C(N)=O)c(C)c1CC. The Bertz CT molecular complexity index is 356. The van der Waals surface area contributed by atoms with Crippen LogP contribution in [0, 0.1) is 6.92 Å². The first-order valence-electron chi connectivity index (χ1n) is 5.02. The summed E-state index contributed by atoms with van der Waals surface area (Å²) in [4.78, 5) is 11.1. The molecule has 0 atom stereocenters. The van der Waals surface area contributed by atoms with Gasteiger partial charge in [-0.25, -0.2) is 0 Å². The summed E-state index contributed by atoms with van der Waals surface area (Å²) in [7, 11) is 0. The first kappa shape index (κ1) is 10.8. The molecule has 0 fully saturated rings. The quantitative estimate of drug-likeness (QED) is 0.782. The summed E-state index contributed by atoms with van der Waals surface area (Å²) in [6.45, 7) is 6.20. The number of nitrogens with two attached hydrogens (primary N) is 1. The van der Waals surface area contributed by atoms with Crippen molar-refractivity contribution in [3.8, 4) is 0 Å². The van der Waals surface area contributed by atoms with Crippen LogP contribution >= 0.6 is 0 Å². The van der Waals surface area contributed by atoms with Gasteiger partial charge in [-0.1, -0.05) is 19.9 Å². The van der Waals surface area contributed by atoms with E-state index in [1.54, 1.807) is 0 Å². The van der Waals surface area contributed by atoms with Gasteiger partial charge in [0.25, 0.3) is 0 Å². The molecule has 0 saturated heterocycles. The predicted molar refractivity (Wildman–Crippen MR) is 58.5 cm³/mol. The van der Waals surface area contributed by atoms with Crippen molar-refractivity contribution < 1.29 is 4.79 Å². The zero-order valence-electron chi connectivity index (χ0n) is 9.05. The summed E-state index contributed by atoms with van der Waals surface area (Å²) in [5.74, 6) is -0.333. The van der Waals surface area contributed by atoms with Crippen molar-refractivity contribution >= 4 is 5.91 Å². The number of aryl methyl sites for hydroxylation is 1. The number of benzene rings is 1. The van der Waals surface area contributed by atoms with Crippen LogP contribution in [0.15, 0.2) is 12.1 Å². The molecule has 1 aromatic carbocycles. The van der Waals surface area contributed by atoms with Gasteiger partial charge in [0.05, 0.1) is 0 Å². The maximum atomic E-state index is 11.1. The van der Waals surface area contributed by atoms with Gasteiger partial charge in [-0.05, 0) is 42.5 Å². The van der Waals surface area contributed by atoms with E-state index in [2.05, 4.69) is 13.8 Å². The lowest BCUT2D eigenvalue weighted by molar-refractivity contribution is 0.0999. The molecule has 1 rings (SSSR count). The number of rotatable bonds is 3. The van der Waals surface area contributed by atoms with Crippen LogP contribution in [0.2, 0.25) is 0 Å². The predicted octanol–water partition coefficient (Wildman–Crippen LogP) is 2.22. The summed E-state index contributed by atoms with van der Waals surface area (Å²) in [6.07, 6.45) is 1.96.